The Hall–Kier alpha value is -0.570. The summed E-state index contributed by atoms with van der Waals surface area (Å²) in [7, 11) is 0. The van der Waals surface area contributed by atoms with Gasteiger partial charge in [0.25, 0.3) is 0 Å². The Kier molecular flexibility index (Phi) is 3.53. The van der Waals surface area contributed by atoms with Crippen LogP contribution in [-0.2, 0) is 4.79 Å². The molecule has 1 amide bonds. The molecule has 1 saturated carbocycles. The third-order valence-corrected chi connectivity index (χ3v) is 3.35. The molecule has 1 fully saturated rings. The highest BCUT2D eigenvalue weighted by atomic mass is 16.2. The predicted molar refractivity (Wildman–Crippen MR) is 57.8 cm³/mol. The average molecular weight is 198 g/mol. The molecule has 1 aliphatic rings. The first-order valence-corrected chi connectivity index (χ1v) is 5.53. The Bertz CT molecular complexity index is 213. The van der Waals surface area contributed by atoms with E-state index in [9.17, 15) is 4.79 Å². The molecule has 3 N–H and O–H groups in total. The van der Waals surface area contributed by atoms with Crippen molar-refractivity contribution < 1.29 is 4.79 Å². The maximum absolute atomic E-state index is 11.6. The van der Waals surface area contributed by atoms with Crippen molar-refractivity contribution in [1.29, 1.82) is 0 Å². The highest BCUT2D eigenvalue weighted by Gasteiger charge is 2.35. The van der Waals surface area contributed by atoms with Gasteiger partial charge in [0.2, 0.25) is 5.91 Å². The van der Waals surface area contributed by atoms with Gasteiger partial charge in [-0.25, -0.2) is 0 Å². The molecule has 2 atom stereocenters. The number of hydrogen-bond donors (Lipinski definition) is 2. The molecule has 0 radical (unpaired) electrons. The molecule has 14 heavy (non-hydrogen) atoms. The van der Waals surface area contributed by atoms with Gasteiger partial charge in [-0.15, -0.1) is 0 Å². The molecule has 0 heterocycles. The molecular formula is C11H22N2O. The topological polar surface area (TPSA) is 55.1 Å². The first-order valence-electron chi connectivity index (χ1n) is 5.53. The van der Waals surface area contributed by atoms with Gasteiger partial charge in [0.15, 0.2) is 0 Å². The van der Waals surface area contributed by atoms with Gasteiger partial charge in [0, 0.05) is 6.04 Å². The molecule has 1 rings (SSSR count). The largest absolute Gasteiger partial charge is 0.351 e. The van der Waals surface area contributed by atoms with Gasteiger partial charge in [0.1, 0.15) is 0 Å². The van der Waals surface area contributed by atoms with E-state index < -0.39 is 0 Å². The quantitative estimate of drug-likeness (QED) is 0.720. The van der Waals surface area contributed by atoms with Crippen LogP contribution in [0.25, 0.3) is 0 Å². The van der Waals surface area contributed by atoms with Crippen LogP contribution < -0.4 is 11.1 Å². The summed E-state index contributed by atoms with van der Waals surface area (Å²) in [6.07, 6.45) is 4.20. The summed E-state index contributed by atoms with van der Waals surface area (Å²) < 4.78 is 0. The molecule has 82 valence electrons. The van der Waals surface area contributed by atoms with Crippen LogP contribution >= 0.6 is 0 Å². The van der Waals surface area contributed by atoms with Gasteiger partial charge in [0.05, 0.1) is 6.04 Å². The van der Waals surface area contributed by atoms with Gasteiger partial charge in [-0.2, -0.15) is 0 Å². The minimum atomic E-state index is -0.341. The number of hydrogen-bond acceptors (Lipinski definition) is 2. The van der Waals surface area contributed by atoms with Crippen LogP contribution in [0.5, 0.6) is 0 Å². The molecule has 3 heteroatoms. The highest BCUT2D eigenvalue weighted by Crippen LogP contribution is 2.37. The summed E-state index contributed by atoms with van der Waals surface area (Å²) in [5.41, 5.74) is 5.91. The summed E-state index contributed by atoms with van der Waals surface area (Å²) in [4.78, 5) is 11.6. The molecule has 0 aromatic carbocycles. The van der Waals surface area contributed by atoms with Crippen LogP contribution in [-0.4, -0.2) is 18.0 Å². The Balaban J connectivity index is 2.48. The van der Waals surface area contributed by atoms with Crippen molar-refractivity contribution in [3.05, 3.63) is 0 Å². The Labute approximate surface area is 86.4 Å². The fraction of sp³-hybridized carbons (Fsp3) is 0.909. The second kappa shape index (κ2) is 4.30. The van der Waals surface area contributed by atoms with E-state index >= 15 is 0 Å². The van der Waals surface area contributed by atoms with E-state index in [1.54, 1.807) is 0 Å². The zero-order chi connectivity index (χ0) is 10.8. The number of rotatable bonds is 3. The first-order chi connectivity index (χ1) is 6.47. The van der Waals surface area contributed by atoms with Crippen molar-refractivity contribution in [2.75, 3.05) is 0 Å². The lowest BCUT2D eigenvalue weighted by Crippen LogP contribution is -2.48. The van der Waals surface area contributed by atoms with E-state index in [1.807, 2.05) is 6.92 Å². The van der Waals surface area contributed by atoms with Crippen molar-refractivity contribution >= 4 is 5.91 Å². The Morgan fingerprint density at radius 2 is 2.29 bits per heavy atom. The highest BCUT2D eigenvalue weighted by molar-refractivity contribution is 5.81. The third kappa shape index (κ3) is 2.47. The molecule has 1 aliphatic carbocycles. The molecule has 0 aromatic heterocycles. The standard InChI is InChI=1S/C11H22N2O/c1-4-8(12)10(14)13-9-6-5-7-11(9,2)3/h8-9H,4-7,12H2,1-3H3,(H,13,14). The average Bonchev–Trinajstić information content (AvgIpc) is 2.44. The number of nitrogens with one attached hydrogen (secondary N) is 1. The van der Waals surface area contributed by atoms with Crippen molar-refractivity contribution in [3.63, 3.8) is 0 Å². The van der Waals surface area contributed by atoms with Crippen LogP contribution in [0.15, 0.2) is 0 Å². The van der Waals surface area contributed by atoms with E-state index in [4.69, 9.17) is 5.73 Å². The maximum Gasteiger partial charge on any atom is 0.237 e. The SMILES string of the molecule is CCC(N)C(=O)NC1CCCC1(C)C. The fourth-order valence-electron chi connectivity index (χ4n) is 2.06. The van der Waals surface area contributed by atoms with Crippen LogP contribution in [0.2, 0.25) is 0 Å². The van der Waals surface area contributed by atoms with Crippen LogP contribution in [0.4, 0.5) is 0 Å². The summed E-state index contributed by atoms with van der Waals surface area (Å²) in [5, 5.41) is 3.06. The van der Waals surface area contributed by atoms with E-state index in [0.29, 0.717) is 12.5 Å². The second-order valence-corrected chi connectivity index (χ2v) is 4.96. The number of carbonyl (C=O) groups excluding carboxylic acids is 1. The molecule has 0 aliphatic heterocycles. The maximum atomic E-state index is 11.6. The fourth-order valence-corrected chi connectivity index (χ4v) is 2.06. The lowest BCUT2D eigenvalue weighted by molar-refractivity contribution is -0.123. The lowest BCUT2D eigenvalue weighted by Gasteiger charge is -2.28. The van der Waals surface area contributed by atoms with E-state index in [-0.39, 0.29) is 17.4 Å². The van der Waals surface area contributed by atoms with Crippen molar-refractivity contribution in [3.8, 4) is 0 Å². The van der Waals surface area contributed by atoms with Crippen molar-refractivity contribution in [2.24, 2.45) is 11.1 Å². The van der Waals surface area contributed by atoms with Crippen LogP contribution in [0.3, 0.4) is 0 Å². The van der Waals surface area contributed by atoms with E-state index in [2.05, 4.69) is 19.2 Å². The summed E-state index contributed by atoms with van der Waals surface area (Å²) in [5.74, 6) is 0.00692. The molecule has 0 bridgehead atoms. The van der Waals surface area contributed by atoms with Gasteiger partial charge in [-0.1, -0.05) is 27.2 Å². The lowest BCUT2D eigenvalue weighted by atomic mass is 9.87. The zero-order valence-electron chi connectivity index (χ0n) is 9.47. The molecule has 2 unspecified atom stereocenters. The molecular weight excluding hydrogens is 176 g/mol. The van der Waals surface area contributed by atoms with Gasteiger partial charge in [-0.05, 0) is 24.7 Å². The Morgan fingerprint density at radius 1 is 1.64 bits per heavy atom. The van der Waals surface area contributed by atoms with E-state index in [0.717, 1.165) is 6.42 Å². The minimum absolute atomic E-state index is 0.00692. The molecule has 0 saturated heterocycles. The minimum Gasteiger partial charge on any atom is -0.351 e. The van der Waals surface area contributed by atoms with Gasteiger partial charge < -0.3 is 11.1 Å². The van der Waals surface area contributed by atoms with Crippen molar-refractivity contribution in [1.82, 2.24) is 5.32 Å². The molecule has 0 spiro atoms. The normalized spacial score (nSPS) is 27.3. The first kappa shape index (κ1) is 11.5. The summed E-state index contributed by atoms with van der Waals surface area (Å²) in [6.45, 7) is 6.36. The van der Waals surface area contributed by atoms with Gasteiger partial charge >= 0.3 is 0 Å². The van der Waals surface area contributed by atoms with Crippen LogP contribution in [0.1, 0.15) is 46.5 Å². The summed E-state index contributed by atoms with van der Waals surface area (Å²) >= 11 is 0. The van der Waals surface area contributed by atoms with Gasteiger partial charge in [-0.3, -0.25) is 4.79 Å². The number of carbonyl (C=O) groups is 1. The molecule has 0 aromatic rings. The van der Waals surface area contributed by atoms with Crippen molar-refractivity contribution in [2.45, 2.75) is 58.5 Å². The zero-order valence-corrected chi connectivity index (χ0v) is 9.47. The second-order valence-electron chi connectivity index (χ2n) is 4.96. The third-order valence-electron chi connectivity index (χ3n) is 3.35. The van der Waals surface area contributed by atoms with E-state index in [1.165, 1.54) is 12.8 Å². The summed E-state index contributed by atoms with van der Waals surface area (Å²) in [6, 6.07) is -0.0287. The van der Waals surface area contributed by atoms with Crippen LogP contribution in [0, 0.1) is 5.41 Å². The number of nitrogens with two attached hydrogens (primary N) is 1. The Morgan fingerprint density at radius 3 is 2.71 bits per heavy atom. The smallest absolute Gasteiger partial charge is 0.237 e. The predicted octanol–water partition coefficient (Wildman–Crippen LogP) is 1.42. The monoisotopic (exact) mass is 198 g/mol. The number of amides is 1. The molecule has 3 nitrogen and oxygen atoms in total.